The summed E-state index contributed by atoms with van der Waals surface area (Å²) in [6, 6.07) is 16.2. The van der Waals surface area contributed by atoms with Crippen LogP contribution in [0.3, 0.4) is 0 Å². The average molecular weight is 347 g/mol. The van der Waals surface area contributed by atoms with E-state index in [1.807, 2.05) is 30.3 Å². The lowest BCUT2D eigenvalue weighted by Crippen LogP contribution is -2.30. The smallest absolute Gasteiger partial charge is 0.311 e. The third-order valence-electron chi connectivity index (χ3n) is 3.95. The number of esters is 1. The number of hydrogen-bond donors (Lipinski definition) is 2. The van der Waals surface area contributed by atoms with Gasteiger partial charge < -0.3 is 15.0 Å². The van der Waals surface area contributed by atoms with Crippen LogP contribution in [0, 0.1) is 11.3 Å². The van der Waals surface area contributed by atoms with Gasteiger partial charge in [0, 0.05) is 22.8 Å². The molecular formula is C20H17N3O3. The lowest BCUT2D eigenvalue weighted by atomic mass is 10.1. The van der Waals surface area contributed by atoms with E-state index in [4.69, 9.17) is 10.00 Å². The zero-order valence-electron chi connectivity index (χ0n) is 14.2. The number of ether oxygens (including phenoxy) is 1. The Bertz CT molecular complexity index is 1000. The molecule has 0 saturated carbocycles. The summed E-state index contributed by atoms with van der Waals surface area (Å²) in [4.78, 5) is 27.4. The van der Waals surface area contributed by atoms with Gasteiger partial charge in [0.05, 0.1) is 18.1 Å². The summed E-state index contributed by atoms with van der Waals surface area (Å²) in [7, 11) is 0. The predicted octanol–water partition coefficient (Wildman–Crippen LogP) is 3.15. The van der Waals surface area contributed by atoms with Gasteiger partial charge in [0.2, 0.25) is 0 Å². The number of anilines is 1. The van der Waals surface area contributed by atoms with Crippen LogP contribution in [-0.2, 0) is 20.7 Å². The number of para-hydroxylation sites is 1. The van der Waals surface area contributed by atoms with Crippen molar-refractivity contribution in [2.45, 2.75) is 19.4 Å². The first-order valence-electron chi connectivity index (χ1n) is 8.12. The minimum atomic E-state index is -0.946. The first-order chi connectivity index (χ1) is 12.6. The first-order valence-corrected chi connectivity index (χ1v) is 8.12. The second-order valence-corrected chi connectivity index (χ2v) is 5.85. The van der Waals surface area contributed by atoms with E-state index in [1.54, 1.807) is 30.5 Å². The number of fused-ring (bicyclic) bond motifs is 1. The summed E-state index contributed by atoms with van der Waals surface area (Å²) in [5, 5.41) is 12.5. The number of nitrogens with one attached hydrogen (secondary N) is 2. The Hall–Kier alpha value is -3.59. The maximum Gasteiger partial charge on any atom is 0.311 e. The number of aromatic nitrogens is 1. The molecule has 3 aromatic rings. The van der Waals surface area contributed by atoms with Crippen LogP contribution in [-0.4, -0.2) is 23.0 Å². The fourth-order valence-corrected chi connectivity index (χ4v) is 2.64. The zero-order chi connectivity index (χ0) is 18.5. The highest BCUT2D eigenvalue weighted by atomic mass is 16.5. The van der Waals surface area contributed by atoms with Gasteiger partial charge in [-0.05, 0) is 36.8 Å². The highest BCUT2D eigenvalue weighted by molar-refractivity contribution is 5.95. The summed E-state index contributed by atoms with van der Waals surface area (Å²) in [6.07, 6.45) is 0.897. The van der Waals surface area contributed by atoms with Crippen molar-refractivity contribution in [3.8, 4) is 6.07 Å². The van der Waals surface area contributed by atoms with Gasteiger partial charge in [-0.2, -0.15) is 5.26 Å². The Labute approximate surface area is 150 Å². The standard InChI is InChI=1S/C20H17N3O3/c1-13(20(25)23-16-6-4-5-14(9-16)11-21)26-19(24)10-15-12-22-18-8-3-2-7-17(15)18/h2-9,12-13,22H,10H2,1H3,(H,23,25)/t13-/m1/s1. The van der Waals surface area contributed by atoms with Gasteiger partial charge in [0.1, 0.15) is 0 Å². The van der Waals surface area contributed by atoms with E-state index >= 15 is 0 Å². The molecule has 6 heteroatoms. The number of nitrogens with zero attached hydrogens (tertiary/aromatic N) is 1. The van der Waals surface area contributed by atoms with E-state index in [0.29, 0.717) is 11.3 Å². The zero-order valence-corrected chi connectivity index (χ0v) is 14.2. The van der Waals surface area contributed by atoms with Crippen LogP contribution < -0.4 is 5.32 Å². The third kappa shape index (κ3) is 3.90. The van der Waals surface area contributed by atoms with Crippen LogP contribution in [0.5, 0.6) is 0 Å². The highest BCUT2D eigenvalue weighted by Crippen LogP contribution is 2.18. The Kier molecular flexibility index (Phi) is 4.99. The molecule has 0 unspecified atom stereocenters. The van der Waals surface area contributed by atoms with Crippen LogP contribution in [0.15, 0.2) is 54.7 Å². The Morgan fingerprint density at radius 1 is 1.23 bits per heavy atom. The van der Waals surface area contributed by atoms with Gasteiger partial charge in [0.15, 0.2) is 6.10 Å². The molecule has 0 saturated heterocycles. The van der Waals surface area contributed by atoms with Crippen molar-refractivity contribution < 1.29 is 14.3 Å². The molecule has 26 heavy (non-hydrogen) atoms. The summed E-state index contributed by atoms with van der Waals surface area (Å²) in [6.45, 7) is 1.51. The Balaban J connectivity index is 1.60. The summed E-state index contributed by atoms with van der Waals surface area (Å²) < 4.78 is 5.23. The molecule has 1 aromatic heterocycles. The van der Waals surface area contributed by atoms with Crippen molar-refractivity contribution in [2.24, 2.45) is 0 Å². The first kappa shape index (κ1) is 17.2. The largest absolute Gasteiger partial charge is 0.452 e. The minimum absolute atomic E-state index is 0.0750. The molecule has 1 heterocycles. The van der Waals surface area contributed by atoms with Crippen molar-refractivity contribution in [1.82, 2.24) is 4.98 Å². The number of amides is 1. The molecule has 0 fully saturated rings. The molecular weight excluding hydrogens is 330 g/mol. The molecule has 0 bridgehead atoms. The number of carbonyl (C=O) groups excluding carboxylic acids is 2. The van der Waals surface area contributed by atoms with E-state index in [-0.39, 0.29) is 6.42 Å². The van der Waals surface area contributed by atoms with Crippen LogP contribution in [0.25, 0.3) is 10.9 Å². The van der Waals surface area contributed by atoms with Gasteiger partial charge >= 0.3 is 5.97 Å². The van der Waals surface area contributed by atoms with Crippen LogP contribution in [0.1, 0.15) is 18.1 Å². The maximum atomic E-state index is 12.2. The van der Waals surface area contributed by atoms with E-state index < -0.39 is 18.0 Å². The van der Waals surface area contributed by atoms with Crippen molar-refractivity contribution in [1.29, 1.82) is 5.26 Å². The average Bonchev–Trinajstić information content (AvgIpc) is 3.04. The van der Waals surface area contributed by atoms with Crippen molar-refractivity contribution in [2.75, 3.05) is 5.32 Å². The fraction of sp³-hybridized carbons (Fsp3) is 0.150. The minimum Gasteiger partial charge on any atom is -0.452 e. The molecule has 2 N–H and O–H groups in total. The van der Waals surface area contributed by atoms with Crippen LogP contribution in [0.4, 0.5) is 5.69 Å². The molecule has 1 amide bonds. The van der Waals surface area contributed by atoms with Gasteiger partial charge in [-0.3, -0.25) is 9.59 Å². The van der Waals surface area contributed by atoms with Crippen molar-refractivity contribution >= 4 is 28.5 Å². The fourth-order valence-electron chi connectivity index (χ4n) is 2.64. The number of hydrogen-bond acceptors (Lipinski definition) is 4. The molecule has 2 aromatic carbocycles. The number of aromatic amines is 1. The number of rotatable bonds is 5. The lowest BCUT2D eigenvalue weighted by Gasteiger charge is -2.13. The Morgan fingerprint density at radius 3 is 2.85 bits per heavy atom. The topological polar surface area (TPSA) is 95.0 Å². The van der Waals surface area contributed by atoms with Crippen LogP contribution in [0.2, 0.25) is 0 Å². The van der Waals surface area contributed by atoms with Crippen molar-refractivity contribution in [3.63, 3.8) is 0 Å². The summed E-state index contributed by atoms with van der Waals surface area (Å²) in [5.74, 6) is -0.935. The molecule has 3 rings (SSSR count). The third-order valence-corrected chi connectivity index (χ3v) is 3.95. The molecule has 0 aliphatic carbocycles. The molecule has 130 valence electrons. The van der Waals surface area contributed by atoms with E-state index in [2.05, 4.69) is 10.3 Å². The van der Waals surface area contributed by atoms with Crippen LogP contribution >= 0.6 is 0 Å². The highest BCUT2D eigenvalue weighted by Gasteiger charge is 2.19. The van der Waals surface area contributed by atoms with E-state index in [0.717, 1.165) is 16.5 Å². The number of benzene rings is 2. The quantitative estimate of drug-likeness (QED) is 0.693. The predicted molar refractivity (Wildman–Crippen MR) is 97.3 cm³/mol. The molecule has 0 spiro atoms. The summed E-state index contributed by atoms with van der Waals surface area (Å²) >= 11 is 0. The number of H-pyrrole nitrogens is 1. The normalized spacial score (nSPS) is 11.5. The maximum absolute atomic E-state index is 12.2. The van der Waals surface area contributed by atoms with Gasteiger partial charge in [-0.15, -0.1) is 0 Å². The Morgan fingerprint density at radius 2 is 2.04 bits per heavy atom. The second-order valence-electron chi connectivity index (χ2n) is 5.85. The molecule has 1 atom stereocenters. The molecule has 0 aliphatic rings. The lowest BCUT2D eigenvalue weighted by molar-refractivity contribution is -0.152. The van der Waals surface area contributed by atoms with Gasteiger partial charge in [-0.25, -0.2) is 0 Å². The monoisotopic (exact) mass is 347 g/mol. The molecule has 6 nitrogen and oxygen atoms in total. The van der Waals surface area contributed by atoms with Gasteiger partial charge in [-0.1, -0.05) is 24.3 Å². The molecule has 0 aliphatic heterocycles. The number of carbonyl (C=O) groups is 2. The van der Waals surface area contributed by atoms with Gasteiger partial charge in [0.25, 0.3) is 5.91 Å². The second kappa shape index (κ2) is 7.53. The van der Waals surface area contributed by atoms with E-state index in [9.17, 15) is 9.59 Å². The number of nitriles is 1. The SMILES string of the molecule is C[C@@H](OC(=O)Cc1c[nH]c2ccccc12)C(=O)Nc1cccc(C#N)c1. The van der Waals surface area contributed by atoms with E-state index in [1.165, 1.54) is 6.92 Å². The summed E-state index contributed by atoms with van der Waals surface area (Å²) in [5.41, 5.74) is 2.68. The molecule has 0 radical (unpaired) electrons. The van der Waals surface area contributed by atoms with Crippen molar-refractivity contribution in [3.05, 3.63) is 65.9 Å².